The number of carbonyl (C=O) groups excluding carboxylic acids is 1. The summed E-state index contributed by atoms with van der Waals surface area (Å²) < 4.78 is 15.2. The number of hydrogen-bond acceptors (Lipinski definition) is 3. The van der Waals surface area contributed by atoms with Crippen molar-refractivity contribution in [2.24, 2.45) is 0 Å². The highest BCUT2D eigenvalue weighted by Crippen LogP contribution is 2.23. The molecule has 1 aromatic heterocycles. The Morgan fingerprint density at radius 2 is 1.77 bits per heavy atom. The number of carbonyl (C=O) groups is 1. The molecule has 1 saturated heterocycles. The van der Waals surface area contributed by atoms with Crippen LogP contribution in [0, 0.1) is 5.82 Å². The molecule has 5 nitrogen and oxygen atoms in total. The summed E-state index contributed by atoms with van der Waals surface area (Å²) in [4.78, 5) is 17.6. The van der Waals surface area contributed by atoms with Crippen molar-refractivity contribution in [3.05, 3.63) is 71.7 Å². The minimum absolute atomic E-state index is 0.0790. The number of hydrogen-bond donors (Lipinski definition) is 0. The minimum Gasteiger partial charge on any atom is -0.333 e. The molecule has 0 N–H and O–H groups in total. The van der Waals surface area contributed by atoms with Crippen molar-refractivity contribution in [2.75, 3.05) is 32.2 Å². The van der Waals surface area contributed by atoms with Gasteiger partial charge in [0, 0.05) is 63.0 Å². The van der Waals surface area contributed by atoms with E-state index in [0.29, 0.717) is 6.54 Å². The van der Waals surface area contributed by atoms with Crippen LogP contribution in [0.3, 0.4) is 0 Å². The third-order valence-corrected chi connectivity index (χ3v) is 6.02. The van der Waals surface area contributed by atoms with Crippen molar-refractivity contribution in [2.45, 2.75) is 32.5 Å². The number of benzene rings is 2. The van der Waals surface area contributed by atoms with E-state index >= 15 is 0 Å². The molecular weight excluding hydrogens is 379 g/mol. The Morgan fingerprint density at radius 3 is 2.47 bits per heavy atom. The van der Waals surface area contributed by atoms with E-state index in [0.717, 1.165) is 35.1 Å². The lowest BCUT2D eigenvalue weighted by atomic mass is 10.0. The van der Waals surface area contributed by atoms with Gasteiger partial charge in [-0.25, -0.2) is 4.39 Å². The van der Waals surface area contributed by atoms with Crippen LogP contribution in [0.4, 0.5) is 4.39 Å². The molecule has 0 spiro atoms. The van der Waals surface area contributed by atoms with Crippen LogP contribution in [0.15, 0.2) is 54.7 Å². The molecule has 0 aliphatic carbocycles. The maximum atomic E-state index is 13.3. The zero-order valence-electron chi connectivity index (χ0n) is 18.0. The van der Waals surface area contributed by atoms with Crippen molar-refractivity contribution in [3.63, 3.8) is 0 Å². The van der Waals surface area contributed by atoms with Crippen LogP contribution < -0.4 is 5.01 Å². The Balaban J connectivity index is 1.48. The maximum Gasteiger partial charge on any atom is 0.254 e. The number of amides is 1. The lowest BCUT2D eigenvalue weighted by molar-refractivity contribution is 0.0291. The highest BCUT2D eigenvalue weighted by Gasteiger charge is 2.32. The second kappa shape index (κ2) is 8.11. The standard InChI is InChI=1S/C24H29FN4O/c1-17-15-28(18(2)14-27(17)16-19-5-8-22(25)9-6-19)24(30)21-7-10-23-20(13-21)11-12-29(23)26(3)4/h5-13,17-18H,14-16H2,1-4H3/t17-,18?/m0/s1. The van der Waals surface area contributed by atoms with Gasteiger partial charge >= 0.3 is 0 Å². The van der Waals surface area contributed by atoms with E-state index in [2.05, 4.69) is 23.4 Å². The van der Waals surface area contributed by atoms with Gasteiger partial charge < -0.3 is 9.91 Å². The highest BCUT2D eigenvalue weighted by molar-refractivity contribution is 5.98. The summed E-state index contributed by atoms with van der Waals surface area (Å²) >= 11 is 0. The molecule has 1 aliphatic heterocycles. The van der Waals surface area contributed by atoms with Crippen molar-refractivity contribution in [1.82, 2.24) is 14.5 Å². The molecule has 1 fully saturated rings. The molecule has 0 saturated carbocycles. The van der Waals surface area contributed by atoms with Crippen LogP contribution in [-0.2, 0) is 6.54 Å². The van der Waals surface area contributed by atoms with Crippen molar-refractivity contribution < 1.29 is 9.18 Å². The molecule has 158 valence electrons. The van der Waals surface area contributed by atoms with E-state index < -0.39 is 0 Å². The number of rotatable bonds is 4. The van der Waals surface area contributed by atoms with Gasteiger partial charge in [0.15, 0.2) is 0 Å². The van der Waals surface area contributed by atoms with Crippen LogP contribution >= 0.6 is 0 Å². The monoisotopic (exact) mass is 408 g/mol. The van der Waals surface area contributed by atoms with Gasteiger partial charge in [-0.3, -0.25) is 14.4 Å². The van der Waals surface area contributed by atoms with E-state index in [-0.39, 0.29) is 23.8 Å². The first kappa shape index (κ1) is 20.4. The van der Waals surface area contributed by atoms with Gasteiger partial charge in [-0.1, -0.05) is 12.1 Å². The van der Waals surface area contributed by atoms with Crippen LogP contribution in [0.25, 0.3) is 10.9 Å². The summed E-state index contributed by atoms with van der Waals surface area (Å²) in [5, 5.41) is 3.07. The summed E-state index contributed by atoms with van der Waals surface area (Å²) in [6.07, 6.45) is 2.01. The molecule has 1 aliphatic rings. The number of fused-ring (bicyclic) bond motifs is 1. The highest BCUT2D eigenvalue weighted by atomic mass is 19.1. The van der Waals surface area contributed by atoms with Gasteiger partial charge in [0.2, 0.25) is 0 Å². The van der Waals surface area contributed by atoms with Crippen LogP contribution in [0.1, 0.15) is 29.8 Å². The van der Waals surface area contributed by atoms with E-state index in [1.54, 1.807) is 0 Å². The molecule has 0 radical (unpaired) electrons. The molecule has 1 unspecified atom stereocenters. The van der Waals surface area contributed by atoms with E-state index in [9.17, 15) is 9.18 Å². The minimum atomic E-state index is -0.214. The zero-order valence-corrected chi connectivity index (χ0v) is 18.0. The Bertz CT molecular complexity index is 1040. The van der Waals surface area contributed by atoms with Crippen molar-refractivity contribution in [1.29, 1.82) is 0 Å². The number of halogens is 1. The average Bonchev–Trinajstić information content (AvgIpc) is 3.15. The topological polar surface area (TPSA) is 31.7 Å². The van der Waals surface area contributed by atoms with Crippen LogP contribution in [0.2, 0.25) is 0 Å². The van der Waals surface area contributed by atoms with Gasteiger partial charge in [0.1, 0.15) is 5.82 Å². The number of nitrogens with zero attached hydrogens (tertiary/aromatic N) is 4. The van der Waals surface area contributed by atoms with E-state index in [1.807, 2.05) is 66.6 Å². The molecule has 6 heteroatoms. The molecular formula is C24H29FN4O. The van der Waals surface area contributed by atoms with Crippen LogP contribution in [-0.4, -0.2) is 59.7 Å². The van der Waals surface area contributed by atoms with Crippen LogP contribution in [0.5, 0.6) is 0 Å². The smallest absolute Gasteiger partial charge is 0.254 e. The first-order valence-corrected chi connectivity index (χ1v) is 10.4. The Hall–Kier alpha value is -2.86. The normalized spacial score (nSPS) is 20.0. The third-order valence-electron chi connectivity index (χ3n) is 6.02. The molecule has 0 bridgehead atoms. The molecule has 1 amide bonds. The predicted molar refractivity (Wildman–Crippen MR) is 119 cm³/mol. The molecule has 4 rings (SSSR count). The van der Waals surface area contributed by atoms with Gasteiger partial charge in [-0.15, -0.1) is 0 Å². The maximum absolute atomic E-state index is 13.3. The lowest BCUT2D eigenvalue weighted by Gasteiger charge is -2.44. The number of aromatic nitrogens is 1. The van der Waals surface area contributed by atoms with Crippen molar-refractivity contribution in [3.8, 4) is 0 Å². The molecule has 2 atom stereocenters. The van der Waals surface area contributed by atoms with E-state index in [1.165, 1.54) is 12.1 Å². The summed E-state index contributed by atoms with van der Waals surface area (Å²) in [6.45, 7) is 6.48. The summed E-state index contributed by atoms with van der Waals surface area (Å²) in [5.41, 5.74) is 2.90. The van der Waals surface area contributed by atoms with Gasteiger partial charge in [-0.2, -0.15) is 0 Å². The molecule has 2 aromatic carbocycles. The number of piperazine rings is 1. The SMILES string of the molecule is CC1CN(Cc2ccc(F)cc2)[C@@H](C)CN1C(=O)c1ccc2c(ccn2N(C)C)c1. The summed E-state index contributed by atoms with van der Waals surface area (Å²) in [5.74, 6) is -0.135. The molecule has 3 aromatic rings. The second-order valence-electron chi connectivity index (χ2n) is 8.49. The van der Waals surface area contributed by atoms with Gasteiger partial charge in [-0.05, 0) is 55.8 Å². The van der Waals surface area contributed by atoms with Gasteiger partial charge in [0.25, 0.3) is 5.91 Å². The lowest BCUT2D eigenvalue weighted by Crippen LogP contribution is -2.57. The Morgan fingerprint density at radius 1 is 1.03 bits per heavy atom. The van der Waals surface area contributed by atoms with E-state index in [4.69, 9.17) is 0 Å². The Labute approximate surface area is 177 Å². The molecule has 30 heavy (non-hydrogen) atoms. The van der Waals surface area contributed by atoms with Crippen molar-refractivity contribution >= 4 is 16.8 Å². The molecule has 2 heterocycles. The second-order valence-corrected chi connectivity index (χ2v) is 8.49. The fourth-order valence-electron chi connectivity index (χ4n) is 4.30. The zero-order chi connectivity index (χ0) is 21.4. The third kappa shape index (κ3) is 3.92. The summed E-state index contributed by atoms with van der Waals surface area (Å²) in [6, 6.07) is 15.0. The fourth-order valence-corrected chi connectivity index (χ4v) is 4.30. The summed E-state index contributed by atoms with van der Waals surface area (Å²) in [7, 11) is 3.99. The largest absolute Gasteiger partial charge is 0.333 e. The quantitative estimate of drug-likeness (QED) is 0.660. The van der Waals surface area contributed by atoms with Gasteiger partial charge in [0.05, 0.1) is 5.52 Å². The first-order chi connectivity index (χ1) is 14.3. The fraction of sp³-hybridized carbons (Fsp3) is 0.375. The Kier molecular flexibility index (Phi) is 5.52. The predicted octanol–water partition coefficient (Wildman–Crippen LogP) is 3.71. The average molecular weight is 409 g/mol. The first-order valence-electron chi connectivity index (χ1n) is 10.4.